The third kappa shape index (κ3) is 3.65. The average molecular weight is 210 g/mol. The van der Waals surface area contributed by atoms with Crippen molar-refractivity contribution in [2.24, 2.45) is 0 Å². The monoisotopic (exact) mass is 210 g/mol. The highest BCUT2D eigenvalue weighted by Crippen LogP contribution is 2.23. The molecule has 0 spiro atoms. The molecule has 0 amide bonds. The van der Waals surface area contributed by atoms with Crippen LogP contribution in [0.1, 0.15) is 57.2 Å². The summed E-state index contributed by atoms with van der Waals surface area (Å²) in [7, 11) is 0. The molecule has 0 nitrogen and oxygen atoms in total. The summed E-state index contributed by atoms with van der Waals surface area (Å²) >= 11 is 0. The number of hydrogen-bond donors (Lipinski definition) is 0. The van der Waals surface area contributed by atoms with Gasteiger partial charge in [0.15, 0.2) is 0 Å². The molecule has 1 heteroatoms. The van der Waals surface area contributed by atoms with E-state index < -0.39 is 0 Å². The maximum absolute atomic E-state index is 13.3. The highest BCUT2D eigenvalue weighted by Gasteiger charge is 2.08. The second kappa shape index (κ2) is 6.60. The van der Waals surface area contributed by atoms with Crippen LogP contribution >= 0.6 is 0 Å². The highest BCUT2D eigenvalue weighted by molar-refractivity contribution is 5.34. The number of aryl methyl sites for hydroxylation is 2. The van der Waals surface area contributed by atoms with Gasteiger partial charge in [0, 0.05) is 0 Å². The van der Waals surface area contributed by atoms with Crippen LogP contribution in [0.5, 0.6) is 0 Å². The lowest BCUT2D eigenvalue weighted by Gasteiger charge is -2.12. The van der Waals surface area contributed by atoms with Crippen molar-refractivity contribution in [3.05, 3.63) is 34.6 Å². The molecule has 0 atom stereocenters. The summed E-state index contributed by atoms with van der Waals surface area (Å²) in [5.41, 5.74) is 3.17. The molecule has 0 aliphatic rings. The molecule has 0 unspecified atom stereocenters. The van der Waals surface area contributed by atoms with Crippen LogP contribution in [0.3, 0.4) is 0 Å². The summed E-state index contributed by atoms with van der Waals surface area (Å²) in [5, 5.41) is 0. The zero-order chi connectivity index (χ0) is 12.0. The van der Waals surface area contributed by atoms with E-state index in [1.165, 1.54) is 5.56 Å². The van der Waals surface area contributed by atoms with Crippen molar-refractivity contribution in [1.82, 2.24) is 0 Å². The predicted molar refractivity (Wildman–Crippen MR) is 66.0 cm³/mol. The van der Waals surface area contributed by atoms with Crippen LogP contribution in [-0.2, 0) is 6.42 Å². The maximum Gasteiger partial charge on any atom is 0.126 e. The normalized spacial score (nSPS) is 9.87. The van der Waals surface area contributed by atoms with Gasteiger partial charge in [0.1, 0.15) is 5.82 Å². The van der Waals surface area contributed by atoms with Gasteiger partial charge in [-0.2, -0.15) is 0 Å². The smallest absolute Gasteiger partial charge is 0.126 e. The minimum atomic E-state index is -0.0825. The number of benzene rings is 1. The molecule has 1 aromatic carbocycles. The van der Waals surface area contributed by atoms with Gasteiger partial charge in [-0.1, -0.05) is 40.7 Å². The molecule has 0 bridgehead atoms. The first-order chi connectivity index (χ1) is 7.06. The summed E-state index contributed by atoms with van der Waals surface area (Å²) in [5.74, 6) is 0.325. The van der Waals surface area contributed by atoms with Gasteiger partial charge in [-0.15, -0.1) is 0 Å². The van der Waals surface area contributed by atoms with Crippen LogP contribution in [0.4, 0.5) is 4.39 Å². The van der Waals surface area contributed by atoms with E-state index in [2.05, 4.69) is 20.8 Å². The van der Waals surface area contributed by atoms with Crippen molar-refractivity contribution in [1.29, 1.82) is 0 Å². The Kier molecular flexibility index (Phi) is 6.23. The zero-order valence-electron chi connectivity index (χ0n) is 10.8. The lowest BCUT2D eigenvalue weighted by molar-refractivity contribution is 0.612. The Morgan fingerprint density at radius 1 is 1.20 bits per heavy atom. The van der Waals surface area contributed by atoms with E-state index in [1.807, 2.05) is 26.8 Å². The first kappa shape index (κ1) is 14.2. The van der Waals surface area contributed by atoms with E-state index in [0.29, 0.717) is 5.92 Å². The first-order valence-corrected chi connectivity index (χ1v) is 5.85. The van der Waals surface area contributed by atoms with Crippen molar-refractivity contribution in [3.63, 3.8) is 0 Å². The van der Waals surface area contributed by atoms with Crippen LogP contribution in [0.15, 0.2) is 12.1 Å². The van der Waals surface area contributed by atoms with E-state index in [9.17, 15) is 4.39 Å². The summed E-state index contributed by atoms with van der Waals surface area (Å²) in [6.45, 7) is 12.1. The van der Waals surface area contributed by atoms with E-state index in [0.717, 1.165) is 17.5 Å². The van der Waals surface area contributed by atoms with Crippen LogP contribution in [0.25, 0.3) is 0 Å². The van der Waals surface area contributed by atoms with Crippen LogP contribution in [0, 0.1) is 12.7 Å². The van der Waals surface area contributed by atoms with Crippen molar-refractivity contribution in [2.75, 3.05) is 0 Å². The third-order valence-electron chi connectivity index (χ3n) is 2.42. The van der Waals surface area contributed by atoms with Gasteiger partial charge in [-0.05, 0) is 42.0 Å². The van der Waals surface area contributed by atoms with Crippen molar-refractivity contribution in [2.45, 2.75) is 53.9 Å². The van der Waals surface area contributed by atoms with E-state index in [1.54, 1.807) is 6.07 Å². The van der Waals surface area contributed by atoms with E-state index in [-0.39, 0.29) is 5.82 Å². The Bertz CT molecular complexity index is 300. The molecule has 0 heterocycles. The molecule has 1 aromatic rings. The molecule has 86 valence electrons. The molecule has 0 aliphatic carbocycles. The van der Waals surface area contributed by atoms with Crippen LogP contribution in [0.2, 0.25) is 0 Å². The van der Waals surface area contributed by atoms with Crippen molar-refractivity contribution >= 4 is 0 Å². The zero-order valence-corrected chi connectivity index (χ0v) is 10.8. The summed E-state index contributed by atoms with van der Waals surface area (Å²) in [6, 6.07) is 3.64. The third-order valence-corrected chi connectivity index (χ3v) is 2.42. The maximum atomic E-state index is 13.3. The van der Waals surface area contributed by atoms with Gasteiger partial charge in [0.25, 0.3) is 0 Å². The van der Waals surface area contributed by atoms with Gasteiger partial charge in [0.2, 0.25) is 0 Å². The first-order valence-electron chi connectivity index (χ1n) is 5.85. The molecule has 1 rings (SSSR count). The van der Waals surface area contributed by atoms with E-state index in [4.69, 9.17) is 0 Å². The molecule has 0 saturated heterocycles. The van der Waals surface area contributed by atoms with Gasteiger partial charge in [-0.3, -0.25) is 0 Å². The predicted octanol–water partition coefficient (Wildman–Crippen LogP) is 4.85. The van der Waals surface area contributed by atoms with Crippen LogP contribution < -0.4 is 0 Å². The Morgan fingerprint density at radius 2 is 1.73 bits per heavy atom. The largest absolute Gasteiger partial charge is 0.207 e. The summed E-state index contributed by atoms with van der Waals surface area (Å²) in [6.07, 6.45) is 0.981. The fraction of sp³-hybridized carbons (Fsp3) is 0.571. The quantitative estimate of drug-likeness (QED) is 0.654. The van der Waals surface area contributed by atoms with Gasteiger partial charge in [-0.25, -0.2) is 4.39 Å². The summed E-state index contributed by atoms with van der Waals surface area (Å²) in [4.78, 5) is 0. The molecular weight excluding hydrogens is 187 g/mol. The number of rotatable bonds is 2. The minimum Gasteiger partial charge on any atom is -0.207 e. The van der Waals surface area contributed by atoms with Crippen molar-refractivity contribution < 1.29 is 4.39 Å². The van der Waals surface area contributed by atoms with Gasteiger partial charge in [0.05, 0.1) is 0 Å². The second-order valence-corrected chi connectivity index (χ2v) is 3.81. The number of halogens is 1. The molecule has 0 radical (unpaired) electrons. The van der Waals surface area contributed by atoms with Crippen LogP contribution in [-0.4, -0.2) is 0 Å². The average Bonchev–Trinajstić information content (AvgIpc) is 2.24. The standard InChI is InChI=1S/C12H17F.C2H6/c1-5-10-6-9(4)12(13)7-11(10)8(2)3;1-2/h6-8H,5H2,1-4H3;1-2H3. The Morgan fingerprint density at radius 3 is 2.13 bits per heavy atom. The highest BCUT2D eigenvalue weighted by atomic mass is 19.1. The molecular formula is C14H23F. The van der Waals surface area contributed by atoms with Gasteiger partial charge >= 0.3 is 0 Å². The SMILES string of the molecule is CC.CCc1cc(C)c(F)cc1C(C)C. The molecule has 0 fully saturated rings. The van der Waals surface area contributed by atoms with E-state index >= 15 is 0 Å². The lowest BCUT2D eigenvalue weighted by Crippen LogP contribution is -1.98. The molecule has 0 aliphatic heterocycles. The second-order valence-electron chi connectivity index (χ2n) is 3.81. The molecule has 0 aromatic heterocycles. The Labute approximate surface area is 93.5 Å². The molecule has 0 N–H and O–H groups in total. The lowest BCUT2D eigenvalue weighted by atomic mass is 9.94. The topological polar surface area (TPSA) is 0 Å². The fourth-order valence-electron chi connectivity index (χ4n) is 1.60. The number of hydrogen-bond acceptors (Lipinski definition) is 0. The Hall–Kier alpha value is -0.850. The molecule has 15 heavy (non-hydrogen) atoms. The summed E-state index contributed by atoms with van der Waals surface area (Å²) < 4.78 is 13.3. The molecule has 0 saturated carbocycles. The fourth-order valence-corrected chi connectivity index (χ4v) is 1.60. The minimum absolute atomic E-state index is 0.0825. The van der Waals surface area contributed by atoms with Crippen molar-refractivity contribution in [3.8, 4) is 0 Å². The Balaban J connectivity index is 0.000000921. The van der Waals surface area contributed by atoms with Gasteiger partial charge < -0.3 is 0 Å².